The van der Waals surface area contributed by atoms with E-state index in [4.69, 9.17) is 4.43 Å². The minimum atomic E-state index is -2.20. The zero-order valence-corrected chi connectivity index (χ0v) is 53.3. The minimum absolute atomic E-state index is 0.0380. The molecule has 0 bridgehead atoms. The van der Waals surface area contributed by atoms with Crippen LogP contribution < -0.4 is 0 Å². The fourth-order valence-corrected chi connectivity index (χ4v) is 27.2. The Bertz CT molecular complexity index is 1850. The van der Waals surface area contributed by atoms with Crippen molar-refractivity contribution >= 4 is 76.8 Å². The Morgan fingerprint density at radius 2 is 0.955 bits per heavy atom. The third-order valence-electron chi connectivity index (χ3n) is 16.1. The number of hydrogen-bond donors (Lipinski definition) is 0. The molecule has 0 amide bonds. The molecule has 0 aliphatic rings. The van der Waals surface area contributed by atoms with Gasteiger partial charge in [0, 0.05) is 35.8 Å². The van der Waals surface area contributed by atoms with E-state index < -0.39 is 30.8 Å². The topological polar surface area (TPSA) is 9.23 Å². The fraction of sp³-hybridized carbons (Fsp3) is 0.684. The number of thioether (sulfide) groups is 2. The number of benzene rings is 3. The maximum Gasteiger partial charge on any atom is 0.190 e. The van der Waals surface area contributed by atoms with Gasteiger partial charge in [-0.1, -0.05) is 195 Å². The molecular formula is C57H100OS4Si4. The van der Waals surface area contributed by atoms with Crippen LogP contribution in [-0.4, -0.2) is 61.5 Å². The first-order valence-corrected chi connectivity index (χ1v) is 44.0. The first kappa shape index (κ1) is 60.2. The van der Waals surface area contributed by atoms with Crippen molar-refractivity contribution in [2.75, 3.05) is 30.6 Å². The highest BCUT2D eigenvalue weighted by atomic mass is 32.4. The second kappa shape index (κ2) is 26.5. The lowest BCUT2D eigenvalue weighted by atomic mass is 9.68. The summed E-state index contributed by atoms with van der Waals surface area (Å²) in [6, 6.07) is 35.2. The highest BCUT2D eigenvalue weighted by Crippen LogP contribution is 2.51. The third-order valence-corrected chi connectivity index (χ3v) is 43.6. The Kier molecular flexibility index (Phi) is 24.2. The molecule has 374 valence electrons. The van der Waals surface area contributed by atoms with Crippen LogP contribution in [0.3, 0.4) is 0 Å². The van der Waals surface area contributed by atoms with Gasteiger partial charge in [-0.05, 0) is 130 Å². The van der Waals surface area contributed by atoms with E-state index in [1.807, 2.05) is 23.5 Å². The molecule has 9 heteroatoms. The molecule has 3 aromatic rings. The molecule has 3 rings (SSSR count). The summed E-state index contributed by atoms with van der Waals surface area (Å²) in [6.07, 6.45) is 14.7. The van der Waals surface area contributed by atoms with E-state index in [9.17, 15) is 0 Å². The van der Waals surface area contributed by atoms with Gasteiger partial charge in [-0.3, -0.25) is 0 Å². The van der Waals surface area contributed by atoms with Crippen molar-refractivity contribution in [1.29, 1.82) is 0 Å². The van der Waals surface area contributed by atoms with Crippen LogP contribution in [-0.2, 0) is 15.3 Å². The Hall–Kier alpha value is -0.112. The zero-order valence-electron chi connectivity index (χ0n) is 46.0. The molecule has 0 aliphatic carbocycles. The summed E-state index contributed by atoms with van der Waals surface area (Å²) in [5.74, 6) is 3.65. The largest absolute Gasteiger partial charge is 0.420 e. The van der Waals surface area contributed by atoms with Crippen LogP contribution in [0.25, 0.3) is 0 Å². The van der Waals surface area contributed by atoms with Gasteiger partial charge in [0.2, 0.25) is 0 Å². The lowest BCUT2D eigenvalue weighted by molar-refractivity contribution is 0.371. The summed E-state index contributed by atoms with van der Waals surface area (Å²) < 4.78 is 6.94. The average molecular weight is 1040 g/mol. The van der Waals surface area contributed by atoms with Gasteiger partial charge in [0.15, 0.2) is 8.32 Å². The van der Waals surface area contributed by atoms with Gasteiger partial charge in [-0.15, -0.1) is 23.5 Å². The van der Waals surface area contributed by atoms with E-state index in [0.29, 0.717) is 10.1 Å². The van der Waals surface area contributed by atoms with Crippen LogP contribution in [0.4, 0.5) is 0 Å². The Morgan fingerprint density at radius 1 is 0.515 bits per heavy atom. The van der Waals surface area contributed by atoms with E-state index >= 15 is 0 Å². The smallest absolute Gasteiger partial charge is 0.190 e. The summed E-state index contributed by atoms with van der Waals surface area (Å²) >= 11 is 8.47. The molecule has 0 saturated heterocycles. The van der Waals surface area contributed by atoms with Crippen LogP contribution in [0.5, 0.6) is 0 Å². The molecule has 0 heterocycles. The summed E-state index contributed by atoms with van der Waals surface area (Å²) in [7, 11) is -4.63. The second-order valence-electron chi connectivity index (χ2n) is 23.9. The first-order valence-electron chi connectivity index (χ1n) is 26.1. The third kappa shape index (κ3) is 17.0. The highest BCUT2D eigenvalue weighted by Gasteiger charge is 2.46. The molecule has 1 nitrogen and oxygen atoms in total. The van der Waals surface area contributed by atoms with Gasteiger partial charge >= 0.3 is 0 Å². The molecule has 0 aromatic heterocycles. The summed E-state index contributed by atoms with van der Waals surface area (Å²) in [4.78, 5) is 2.74. The molecule has 66 heavy (non-hydrogen) atoms. The molecule has 0 spiro atoms. The maximum absolute atomic E-state index is 6.94. The highest BCUT2D eigenvalue weighted by molar-refractivity contribution is 8.29. The summed E-state index contributed by atoms with van der Waals surface area (Å²) in [6.45, 7) is 40.2. The normalized spacial score (nSPS) is 15.9. The molecule has 0 saturated carbocycles. The molecule has 0 radical (unpaired) electrons. The Labute approximate surface area is 430 Å². The van der Waals surface area contributed by atoms with Crippen LogP contribution in [0, 0.1) is 0 Å². The van der Waals surface area contributed by atoms with Gasteiger partial charge in [0.05, 0.1) is 0 Å². The average Bonchev–Trinajstić information content (AvgIpc) is 3.26. The van der Waals surface area contributed by atoms with Gasteiger partial charge < -0.3 is 4.43 Å². The zero-order chi connectivity index (χ0) is 49.5. The quantitative estimate of drug-likeness (QED) is 0.0373. The molecule has 0 aliphatic heterocycles. The van der Waals surface area contributed by atoms with Crippen molar-refractivity contribution < 1.29 is 4.43 Å². The Morgan fingerprint density at radius 3 is 1.36 bits per heavy atom. The van der Waals surface area contributed by atoms with Gasteiger partial charge in [0.25, 0.3) is 0 Å². The molecule has 3 aromatic carbocycles. The monoisotopic (exact) mass is 1040 g/mol. The lowest BCUT2D eigenvalue weighted by Crippen LogP contribution is -2.44. The van der Waals surface area contributed by atoms with Crippen LogP contribution >= 0.6 is 45.9 Å². The molecule has 3 unspecified atom stereocenters. The Balaban J connectivity index is 2.32. The van der Waals surface area contributed by atoms with Crippen molar-refractivity contribution in [3.05, 3.63) is 95.1 Å². The van der Waals surface area contributed by atoms with Gasteiger partial charge in [-0.25, -0.2) is 0 Å². The van der Waals surface area contributed by atoms with E-state index in [1.165, 1.54) is 108 Å². The first-order chi connectivity index (χ1) is 30.8. The SMILES string of the molecule is CCCCCC(C[Si](C)(C)CCCS[Si](C)(C)C(C)(C)C)(c1ccc(SCC)cc1)c1cccc(C(CCCCC)(C[Si](C)(CCCS[Si](C)(C)C(C)(C)C)OC)c2ccc(SC)cc2)c1. The molecule has 0 fully saturated rings. The van der Waals surface area contributed by atoms with Crippen LogP contribution in [0.2, 0.25) is 80.1 Å². The van der Waals surface area contributed by atoms with Gasteiger partial charge in [0.1, 0.15) is 14.4 Å². The number of rotatable bonds is 30. The van der Waals surface area contributed by atoms with E-state index in [0.717, 1.165) is 18.2 Å². The summed E-state index contributed by atoms with van der Waals surface area (Å²) in [5.41, 5.74) is 5.97. The molecular weight excluding hydrogens is 941 g/mol. The van der Waals surface area contributed by atoms with Crippen molar-refractivity contribution in [2.45, 2.75) is 227 Å². The molecule has 0 N–H and O–H groups in total. The van der Waals surface area contributed by atoms with Crippen molar-refractivity contribution in [3.63, 3.8) is 0 Å². The van der Waals surface area contributed by atoms with Crippen LogP contribution in [0.15, 0.2) is 82.6 Å². The maximum atomic E-state index is 6.94. The van der Waals surface area contributed by atoms with Gasteiger partial charge in [-0.2, -0.15) is 22.4 Å². The second-order valence-corrected chi connectivity index (χ2v) is 53.8. The lowest BCUT2D eigenvalue weighted by Gasteiger charge is -2.44. The van der Waals surface area contributed by atoms with Crippen molar-refractivity contribution in [3.8, 4) is 0 Å². The predicted molar refractivity (Wildman–Crippen MR) is 321 cm³/mol. The number of hydrogen-bond acceptors (Lipinski definition) is 5. The van der Waals surface area contributed by atoms with E-state index in [1.54, 1.807) is 11.1 Å². The van der Waals surface area contributed by atoms with Crippen molar-refractivity contribution in [2.24, 2.45) is 0 Å². The molecule has 3 atom stereocenters. The predicted octanol–water partition coefficient (Wildman–Crippen LogP) is 20.4. The fourth-order valence-electron chi connectivity index (χ4n) is 9.80. The number of unbranched alkanes of at least 4 members (excludes halogenated alkanes) is 4. The van der Waals surface area contributed by atoms with E-state index in [-0.39, 0.29) is 10.8 Å². The van der Waals surface area contributed by atoms with E-state index in [2.05, 4.69) is 217 Å². The standard InChI is InChI=1S/C57H100OS4Si4/c1-19-22-24-39-56(48-33-37-53(38-34-48)60-21-3,46-63(12,13)43-27-41-61-64(14,15)54(4,5)6)50-29-26-30-51(45-50)57(40-25-23-20-2,49-31-35-52(59-11)36-32-49)47-66(18,58-10)44-28-42-62-65(16,17)55(7,8)9/h26,29-38,45H,19-25,27-28,39-44,46-47H2,1-18H3. The minimum Gasteiger partial charge on any atom is -0.420 e. The summed E-state index contributed by atoms with van der Waals surface area (Å²) in [5, 5.41) is 0.813. The van der Waals surface area contributed by atoms with Crippen LogP contribution in [0.1, 0.15) is 149 Å². The van der Waals surface area contributed by atoms with Crippen molar-refractivity contribution in [1.82, 2.24) is 0 Å².